The van der Waals surface area contributed by atoms with Crippen LogP contribution in [0.15, 0.2) is 22.7 Å². The van der Waals surface area contributed by atoms with Crippen molar-refractivity contribution in [3.63, 3.8) is 0 Å². The van der Waals surface area contributed by atoms with Crippen LogP contribution < -0.4 is 5.73 Å². The lowest BCUT2D eigenvalue weighted by atomic mass is 9.99. The van der Waals surface area contributed by atoms with Crippen molar-refractivity contribution in [3.05, 3.63) is 33.8 Å². The predicted octanol–water partition coefficient (Wildman–Crippen LogP) is 5.05. The van der Waals surface area contributed by atoms with Crippen molar-refractivity contribution in [2.24, 2.45) is 5.73 Å². The van der Waals surface area contributed by atoms with Gasteiger partial charge in [-0.05, 0) is 30.2 Å². The molecule has 0 aromatic heterocycles. The van der Waals surface area contributed by atoms with E-state index in [1.807, 2.05) is 0 Å². The van der Waals surface area contributed by atoms with Crippen molar-refractivity contribution in [1.29, 1.82) is 0 Å². The van der Waals surface area contributed by atoms with Crippen molar-refractivity contribution in [1.82, 2.24) is 0 Å². The Morgan fingerprint density at radius 2 is 1.94 bits per heavy atom. The third-order valence-electron chi connectivity index (χ3n) is 2.84. The molecule has 1 atom stereocenters. The molecular weight excluding hydrogens is 307 g/mol. The second kappa shape index (κ2) is 6.57. The van der Waals surface area contributed by atoms with E-state index in [0.717, 1.165) is 31.4 Å². The SMILES string of the molecule is CCCCCC(N)c1cc(C(F)(F)F)ccc1Br. The summed E-state index contributed by atoms with van der Waals surface area (Å²) in [4.78, 5) is 0. The second-order valence-electron chi connectivity index (χ2n) is 4.34. The molecule has 0 spiro atoms. The van der Waals surface area contributed by atoms with Crippen molar-refractivity contribution in [2.45, 2.75) is 44.8 Å². The van der Waals surface area contributed by atoms with Gasteiger partial charge in [0.2, 0.25) is 0 Å². The summed E-state index contributed by atoms with van der Waals surface area (Å²) in [5, 5.41) is 0. The number of rotatable bonds is 5. The lowest BCUT2D eigenvalue weighted by Crippen LogP contribution is -2.13. The molecule has 1 nitrogen and oxygen atoms in total. The molecule has 0 aliphatic rings. The molecule has 0 aliphatic heterocycles. The summed E-state index contributed by atoms with van der Waals surface area (Å²) in [7, 11) is 0. The molecule has 5 heteroatoms. The molecular formula is C13H17BrF3N. The van der Waals surface area contributed by atoms with Crippen LogP contribution in [0.2, 0.25) is 0 Å². The molecule has 0 amide bonds. The fraction of sp³-hybridized carbons (Fsp3) is 0.538. The minimum Gasteiger partial charge on any atom is -0.324 e. The smallest absolute Gasteiger partial charge is 0.324 e. The largest absolute Gasteiger partial charge is 0.416 e. The van der Waals surface area contributed by atoms with E-state index in [4.69, 9.17) is 5.73 Å². The summed E-state index contributed by atoms with van der Waals surface area (Å²) < 4.78 is 38.5. The molecule has 0 fully saturated rings. The highest BCUT2D eigenvalue weighted by Gasteiger charge is 2.31. The molecule has 102 valence electrons. The van der Waals surface area contributed by atoms with E-state index in [9.17, 15) is 13.2 Å². The molecule has 1 unspecified atom stereocenters. The standard InChI is InChI=1S/C13H17BrF3N/c1-2-3-4-5-12(18)10-8-9(13(15,16)17)6-7-11(10)14/h6-8,12H,2-5,18H2,1H3. The van der Waals surface area contributed by atoms with Gasteiger partial charge < -0.3 is 5.73 Å². The third kappa shape index (κ3) is 4.28. The lowest BCUT2D eigenvalue weighted by Gasteiger charge is -2.16. The molecule has 0 heterocycles. The van der Waals surface area contributed by atoms with E-state index < -0.39 is 11.7 Å². The Hall–Kier alpha value is -0.550. The monoisotopic (exact) mass is 323 g/mol. The predicted molar refractivity (Wildman–Crippen MR) is 70.2 cm³/mol. The van der Waals surface area contributed by atoms with Crippen molar-refractivity contribution in [3.8, 4) is 0 Å². The van der Waals surface area contributed by atoms with Crippen LogP contribution in [0.25, 0.3) is 0 Å². The molecule has 1 aromatic carbocycles. The van der Waals surface area contributed by atoms with Gasteiger partial charge in [0.1, 0.15) is 0 Å². The van der Waals surface area contributed by atoms with E-state index in [-0.39, 0.29) is 6.04 Å². The zero-order valence-electron chi connectivity index (χ0n) is 10.2. The average molecular weight is 324 g/mol. The Morgan fingerprint density at radius 3 is 2.50 bits per heavy atom. The minimum absolute atomic E-state index is 0.353. The van der Waals surface area contributed by atoms with Gasteiger partial charge in [-0.15, -0.1) is 0 Å². The highest BCUT2D eigenvalue weighted by atomic mass is 79.9. The Labute approximate surface area is 114 Å². The van der Waals surface area contributed by atoms with Gasteiger partial charge in [0.15, 0.2) is 0 Å². The summed E-state index contributed by atoms with van der Waals surface area (Å²) in [5.74, 6) is 0. The lowest BCUT2D eigenvalue weighted by molar-refractivity contribution is -0.137. The fourth-order valence-electron chi connectivity index (χ4n) is 1.77. The van der Waals surface area contributed by atoms with Gasteiger partial charge in [0.05, 0.1) is 5.56 Å². The van der Waals surface area contributed by atoms with Crippen LogP contribution in [0.4, 0.5) is 13.2 Å². The average Bonchev–Trinajstić information content (AvgIpc) is 2.28. The number of alkyl halides is 3. The van der Waals surface area contributed by atoms with Crippen molar-refractivity contribution in [2.75, 3.05) is 0 Å². The van der Waals surface area contributed by atoms with Crippen LogP contribution in [0.3, 0.4) is 0 Å². The molecule has 0 bridgehead atoms. The fourth-order valence-corrected chi connectivity index (χ4v) is 2.31. The van der Waals surface area contributed by atoms with Gasteiger partial charge in [-0.1, -0.05) is 42.1 Å². The van der Waals surface area contributed by atoms with Gasteiger partial charge in [-0.3, -0.25) is 0 Å². The first kappa shape index (κ1) is 15.5. The van der Waals surface area contributed by atoms with Crippen molar-refractivity contribution < 1.29 is 13.2 Å². The van der Waals surface area contributed by atoms with Crippen LogP contribution in [-0.4, -0.2) is 0 Å². The zero-order valence-corrected chi connectivity index (χ0v) is 11.8. The summed E-state index contributed by atoms with van der Waals surface area (Å²) in [5.41, 5.74) is 5.83. The van der Waals surface area contributed by atoms with Crippen LogP contribution in [0, 0.1) is 0 Å². The van der Waals surface area contributed by atoms with E-state index in [2.05, 4.69) is 22.9 Å². The maximum Gasteiger partial charge on any atom is 0.416 e. The molecule has 0 saturated heterocycles. The molecule has 0 aliphatic carbocycles. The summed E-state index contributed by atoms with van der Waals surface area (Å²) in [6.07, 6.45) is -0.576. The topological polar surface area (TPSA) is 26.0 Å². The molecule has 2 N–H and O–H groups in total. The maximum absolute atomic E-state index is 12.6. The number of hydrogen-bond donors (Lipinski definition) is 1. The van der Waals surface area contributed by atoms with E-state index in [1.165, 1.54) is 6.07 Å². The summed E-state index contributed by atoms with van der Waals surface area (Å²) in [6, 6.07) is 3.26. The van der Waals surface area contributed by atoms with Crippen molar-refractivity contribution >= 4 is 15.9 Å². The number of hydrogen-bond acceptors (Lipinski definition) is 1. The van der Waals surface area contributed by atoms with Crippen LogP contribution in [-0.2, 0) is 6.18 Å². The second-order valence-corrected chi connectivity index (χ2v) is 5.19. The molecule has 0 saturated carbocycles. The Morgan fingerprint density at radius 1 is 1.28 bits per heavy atom. The molecule has 18 heavy (non-hydrogen) atoms. The maximum atomic E-state index is 12.6. The quantitative estimate of drug-likeness (QED) is 0.754. The van der Waals surface area contributed by atoms with E-state index in [1.54, 1.807) is 0 Å². The number of benzene rings is 1. The van der Waals surface area contributed by atoms with Crippen LogP contribution >= 0.6 is 15.9 Å². The van der Waals surface area contributed by atoms with E-state index >= 15 is 0 Å². The van der Waals surface area contributed by atoms with E-state index in [0.29, 0.717) is 16.5 Å². The number of unbranched alkanes of at least 4 members (excludes halogenated alkanes) is 2. The Bertz CT molecular complexity index is 390. The zero-order chi connectivity index (χ0) is 13.8. The number of halogens is 4. The molecule has 1 rings (SSSR count). The first-order chi connectivity index (χ1) is 8.36. The third-order valence-corrected chi connectivity index (χ3v) is 3.56. The molecule has 0 radical (unpaired) electrons. The minimum atomic E-state index is -4.32. The van der Waals surface area contributed by atoms with Gasteiger partial charge in [-0.25, -0.2) is 0 Å². The van der Waals surface area contributed by atoms with Crippen LogP contribution in [0.1, 0.15) is 49.8 Å². The van der Waals surface area contributed by atoms with Crippen LogP contribution in [0.5, 0.6) is 0 Å². The highest BCUT2D eigenvalue weighted by molar-refractivity contribution is 9.10. The van der Waals surface area contributed by atoms with Gasteiger partial charge >= 0.3 is 6.18 Å². The summed E-state index contributed by atoms with van der Waals surface area (Å²) >= 11 is 3.26. The molecule has 1 aromatic rings. The van der Waals surface area contributed by atoms with Gasteiger partial charge in [0, 0.05) is 10.5 Å². The highest BCUT2D eigenvalue weighted by Crippen LogP contribution is 2.34. The normalized spacial score (nSPS) is 13.7. The Kier molecular flexibility index (Phi) is 5.66. The number of nitrogens with two attached hydrogens (primary N) is 1. The Balaban J connectivity index is 2.86. The first-order valence-electron chi connectivity index (χ1n) is 5.98. The van der Waals surface area contributed by atoms with Gasteiger partial charge in [0.25, 0.3) is 0 Å². The first-order valence-corrected chi connectivity index (χ1v) is 6.77. The van der Waals surface area contributed by atoms with Gasteiger partial charge in [-0.2, -0.15) is 13.2 Å². The summed E-state index contributed by atoms with van der Waals surface area (Å²) in [6.45, 7) is 2.08.